The van der Waals surface area contributed by atoms with Crippen LogP contribution in [0.1, 0.15) is 43.0 Å². The Balaban J connectivity index is 1.35. The normalized spacial score (nSPS) is 19.8. The van der Waals surface area contributed by atoms with E-state index in [-0.39, 0.29) is 12.5 Å². The van der Waals surface area contributed by atoms with E-state index >= 15 is 0 Å². The van der Waals surface area contributed by atoms with Crippen LogP contribution in [-0.2, 0) is 16.0 Å². The molecule has 3 N–H and O–H groups in total. The second kappa shape index (κ2) is 11.4. The fourth-order valence-electron chi connectivity index (χ4n) is 4.76. The van der Waals surface area contributed by atoms with Gasteiger partial charge in [-0.1, -0.05) is 12.1 Å². The van der Waals surface area contributed by atoms with Gasteiger partial charge in [-0.2, -0.15) is 5.10 Å². The van der Waals surface area contributed by atoms with Crippen molar-refractivity contribution in [2.75, 3.05) is 13.2 Å². The highest BCUT2D eigenvalue weighted by molar-refractivity contribution is 6.38. The maximum absolute atomic E-state index is 13.3. The van der Waals surface area contributed by atoms with Gasteiger partial charge in [-0.05, 0) is 80.1 Å². The first-order valence-electron chi connectivity index (χ1n) is 13.6. The quantitative estimate of drug-likeness (QED) is 0.338. The van der Waals surface area contributed by atoms with E-state index < -0.39 is 24.0 Å². The van der Waals surface area contributed by atoms with Crippen LogP contribution in [0, 0.1) is 0 Å². The highest BCUT2D eigenvalue weighted by Crippen LogP contribution is 2.26. The van der Waals surface area contributed by atoms with Gasteiger partial charge in [-0.15, -0.1) is 0 Å². The number of pyridine rings is 1. The molecule has 1 aliphatic carbocycles. The zero-order valence-corrected chi connectivity index (χ0v) is 22.0. The van der Waals surface area contributed by atoms with Gasteiger partial charge >= 0.3 is 0 Å². The molecule has 1 unspecified atom stereocenters. The number of hydrogen-bond acceptors (Lipinski definition) is 8. The third-order valence-electron chi connectivity index (χ3n) is 7.10. The topological polar surface area (TPSA) is 128 Å². The second-order valence-corrected chi connectivity index (χ2v) is 10.2. The van der Waals surface area contributed by atoms with Crippen molar-refractivity contribution in [2.45, 2.75) is 50.4 Å². The van der Waals surface area contributed by atoms with Crippen molar-refractivity contribution in [3.05, 3.63) is 78.1 Å². The van der Waals surface area contributed by atoms with E-state index in [2.05, 4.69) is 20.7 Å². The number of rotatable bonds is 3. The lowest BCUT2D eigenvalue weighted by atomic mass is 10.0. The minimum absolute atomic E-state index is 0.0402. The molecule has 40 heavy (non-hydrogen) atoms. The van der Waals surface area contributed by atoms with Gasteiger partial charge in [0, 0.05) is 23.2 Å². The number of carbonyl (C=O) groups excluding carboxylic acids is 2. The number of nitrogens with one attached hydrogen (secondary N) is 2. The third-order valence-corrected chi connectivity index (χ3v) is 7.10. The van der Waals surface area contributed by atoms with E-state index in [4.69, 9.17) is 9.47 Å². The molecule has 0 saturated heterocycles. The van der Waals surface area contributed by atoms with Crippen molar-refractivity contribution in [3.63, 3.8) is 0 Å². The number of Topliss-reactive ketones (excluding diaryl/α,β-unsaturated/α-hetero) is 1. The second-order valence-electron chi connectivity index (χ2n) is 10.2. The van der Waals surface area contributed by atoms with Gasteiger partial charge in [-0.25, -0.2) is 9.67 Å². The van der Waals surface area contributed by atoms with Crippen molar-refractivity contribution in [2.24, 2.45) is 0 Å². The minimum Gasteiger partial charge on any atom is -0.494 e. The van der Waals surface area contributed by atoms with Crippen LogP contribution in [0.25, 0.3) is 16.7 Å². The summed E-state index contributed by atoms with van der Waals surface area (Å²) in [4.78, 5) is 30.5. The summed E-state index contributed by atoms with van der Waals surface area (Å²) in [5.74, 6) is 0.586. The summed E-state index contributed by atoms with van der Waals surface area (Å²) < 4.78 is 13.5. The fraction of sp³-hybridized carbons (Fsp3) is 0.333. The molecular formula is C30H31N5O5. The summed E-state index contributed by atoms with van der Waals surface area (Å²) in [6, 6.07) is 15.6. The van der Waals surface area contributed by atoms with Crippen LogP contribution < -0.4 is 20.1 Å². The predicted molar refractivity (Wildman–Crippen MR) is 147 cm³/mol. The number of aromatic nitrogens is 3. The summed E-state index contributed by atoms with van der Waals surface area (Å²) in [5, 5.41) is 22.5. The molecule has 10 heteroatoms. The molecule has 5 aliphatic rings. The molecule has 1 saturated carbocycles. The van der Waals surface area contributed by atoms with Crippen LogP contribution in [-0.4, -0.2) is 56.9 Å². The van der Waals surface area contributed by atoms with Gasteiger partial charge in [0.2, 0.25) is 5.78 Å². The molecule has 1 fully saturated rings. The molecule has 2 aromatic heterocycles. The number of carbonyl (C=O) groups is 2. The first-order valence-corrected chi connectivity index (χ1v) is 13.6. The molecule has 2 aromatic carbocycles. The van der Waals surface area contributed by atoms with Gasteiger partial charge in [0.1, 0.15) is 17.7 Å². The number of nitrogens with zero attached hydrogens (tertiary/aromatic N) is 3. The summed E-state index contributed by atoms with van der Waals surface area (Å²) in [6.07, 6.45) is 5.64. The Morgan fingerprint density at radius 1 is 1.00 bits per heavy atom. The Kier molecular flexibility index (Phi) is 7.43. The Bertz CT molecular complexity index is 1510. The number of amides is 1. The average Bonchev–Trinajstić information content (AvgIpc) is 3.69. The lowest BCUT2D eigenvalue weighted by Gasteiger charge is -2.23. The van der Waals surface area contributed by atoms with Gasteiger partial charge in [0.25, 0.3) is 5.91 Å². The van der Waals surface area contributed by atoms with Crippen molar-refractivity contribution in [3.8, 4) is 17.3 Å². The summed E-state index contributed by atoms with van der Waals surface area (Å²) in [5.41, 5.74) is 2.03. The van der Waals surface area contributed by atoms with Crippen molar-refractivity contribution in [1.82, 2.24) is 25.4 Å². The number of aliphatic hydroxyl groups is 1. The monoisotopic (exact) mass is 541 g/mol. The number of benzene rings is 2. The first-order chi connectivity index (χ1) is 19.5. The Morgan fingerprint density at radius 2 is 1.75 bits per heavy atom. The number of hydrogen-bond donors (Lipinski definition) is 3. The molecule has 206 valence electrons. The minimum atomic E-state index is -1.30. The smallest absolute Gasteiger partial charge is 0.289 e. The van der Waals surface area contributed by atoms with E-state index in [9.17, 15) is 14.7 Å². The van der Waals surface area contributed by atoms with Gasteiger partial charge in [-0.3, -0.25) is 14.9 Å². The number of ketones is 1. The number of ether oxygens (including phenoxy) is 2. The maximum Gasteiger partial charge on any atom is 0.289 e. The molecule has 0 spiro atoms. The third kappa shape index (κ3) is 5.83. The van der Waals surface area contributed by atoms with E-state index in [0.29, 0.717) is 24.6 Å². The highest BCUT2D eigenvalue weighted by Gasteiger charge is 2.32. The maximum atomic E-state index is 13.3. The molecule has 0 radical (unpaired) electrons. The molecule has 10 nitrogen and oxygen atoms in total. The van der Waals surface area contributed by atoms with Crippen LogP contribution in [0.15, 0.2) is 67.0 Å². The van der Waals surface area contributed by atoms with E-state index in [1.807, 2.05) is 42.5 Å². The van der Waals surface area contributed by atoms with Crippen molar-refractivity contribution >= 4 is 22.6 Å². The Hall–Kier alpha value is -4.28. The lowest BCUT2D eigenvalue weighted by Crippen LogP contribution is -2.48. The van der Waals surface area contributed by atoms with Crippen LogP contribution in [0.2, 0.25) is 0 Å². The molecular weight excluding hydrogens is 510 g/mol. The van der Waals surface area contributed by atoms with Crippen molar-refractivity contribution in [1.29, 1.82) is 0 Å². The van der Waals surface area contributed by atoms with Crippen molar-refractivity contribution < 1.29 is 24.2 Å². The van der Waals surface area contributed by atoms with Gasteiger partial charge < -0.3 is 19.9 Å². The summed E-state index contributed by atoms with van der Waals surface area (Å²) in [7, 11) is 0. The van der Waals surface area contributed by atoms with Gasteiger partial charge in [0.15, 0.2) is 5.82 Å². The van der Waals surface area contributed by atoms with Crippen LogP contribution >= 0.6 is 0 Å². The Morgan fingerprint density at radius 3 is 2.52 bits per heavy atom. The predicted octanol–water partition coefficient (Wildman–Crippen LogP) is 3.01. The molecule has 2 atom stereocenters. The average molecular weight is 542 g/mol. The molecule has 4 aliphatic heterocycles. The van der Waals surface area contributed by atoms with Crippen LogP contribution in [0.5, 0.6) is 11.5 Å². The largest absolute Gasteiger partial charge is 0.494 e. The lowest BCUT2D eigenvalue weighted by molar-refractivity contribution is -0.139. The fourth-order valence-corrected chi connectivity index (χ4v) is 4.76. The van der Waals surface area contributed by atoms with Gasteiger partial charge in [0.05, 0.1) is 31.0 Å². The van der Waals surface area contributed by atoms with E-state index in [0.717, 1.165) is 53.6 Å². The molecule has 4 aromatic rings. The summed E-state index contributed by atoms with van der Waals surface area (Å²) in [6.45, 7) is 1.11. The molecule has 1 amide bonds. The SMILES string of the molecule is O=C(NC1CC1)C(=O)[C@@H]1Cc2ccc(cc2)OCCCCOc2ccc3c(cnn3-c3ncccc3C(O)N1)c2. The zero-order chi connectivity index (χ0) is 27.5. The standard InChI is InChI=1S/C30H31N5O5/c36-27(30(38)33-21-7-8-21)25-16-19-5-9-22(10-6-19)39-14-1-2-15-40-23-11-12-26-20(17-23)18-32-35(26)28-24(29(37)34-25)4-3-13-31-28/h3-6,9-13,17-18,21,25,29,34,37H,1-2,7-8,14-16H2,(H,33,38)/t25-,29?/m0/s1. The molecule has 6 bridgehead atoms. The van der Waals surface area contributed by atoms with Crippen LogP contribution in [0.4, 0.5) is 0 Å². The molecule has 6 heterocycles. The summed E-state index contributed by atoms with van der Waals surface area (Å²) >= 11 is 0. The van der Waals surface area contributed by atoms with Crippen LogP contribution in [0.3, 0.4) is 0 Å². The Labute approximate surface area is 231 Å². The highest BCUT2D eigenvalue weighted by atomic mass is 16.5. The van der Waals surface area contributed by atoms with E-state index in [1.54, 1.807) is 29.2 Å². The first kappa shape index (κ1) is 26.0. The number of aliphatic hydroxyl groups excluding tert-OH is 1. The zero-order valence-electron chi connectivity index (χ0n) is 22.0. The van der Waals surface area contributed by atoms with E-state index in [1.165, 1.54) is 0 Å². The molecule has 9 rings (SSSR count).